The summed E-state index contributed by atoms with van der Waals surface area (Å²) in [5, 5.41) is 9.44. The summed E-state index contributed by atoms with van der Waals surface area (Å²) in [6.45, 7) is 12.3. The SMILES string of the molecule is C=C(CCC)N(Cc1ccc(-c2ccccc2C#N)cc1)C(=O)/C(=C(/C)N)c1ccc(OC(C)C)cc1. The number of hydrogen-bond donors (Lipinski definition) is 1. The van der Waals surface area contributed by atoms with Crippen LogP contribution in [0.1, 0.15) is 57.2 Å². The van der Waals surface area contributed by atoms with Crippen LogP contribution in [0.5, 0.6) is 5.75 Å². The number of nitrogens with two attached hydrogens (primary N) is 1. The van der Waals surface area contributed by atoms with Crippen molar-refractivity contribution in [1.29, 1.82) is 5.26 Å². The van der Waals surface area contributed by atoms with Crippen molar-refractivity contribution in [3.63, 3.8) is 0 Å². The molecule has 2 N–H and O–H groups in total. The van der Waals surface area contributed by atoms with E-state index in [-0.39, 0.29) is 12.0 Å². The van der Waals surface area contributed by atoms with Gasteiger partial charge in [0.05, 0.1) is 29.9 Å². The molecular weight excluding hydrogens is 458 g/mol. The molecule has 0 aliphatic heterocycles. The maximum Gasteiger partial charge on any atom is 0.260 e. The third kappa shape index (κ3) is 6.89. The lowest BCUT2D eigenvalue weighted by Crippen LogP contribution is -2.31. The first-order chi connectivity index (χ1) is 17.7. The van der Waals surface area contributed by atoms with Crippen LogP contribution in [0, 0.1) is 11.3 Å². The second kappa shape index (κ2) is 12.6. The van der Waals surface area contributed by atoms with E-state index in [0.717, 1.165) is 40.1 Å². The van der Waals surface area contributed by atoms with Crippen molar-refractivity contribution in [2.45, 2.75) is 53.2 Å². The van der Waals surface area contributed by atoms with Crippen molar-refractivity contribution in [3.8, 4) is 22.9 Å². The molecule has 37 heavy (non-hydrogen) atoms. The molecule has 0 unspecified atom stereocenters. The van der Waals surface area contributed by atoms with Gasteiger partial charge in [0, 0.05) is 11.4 Å². The highest BCUT2D eigenvalue weighted by Gasteiger charge is 2.24. The molecule has 0 aliphatic rings. The molecule has 3 aromatic carbocycles. The van der Waals surface area contributed by atoms with Gasteiger partial charge in [-0.25, -0.2) is 0 Å². The molecule has 1 amide bonds. The number of amides is 1. The summed E-state index contributed by atoms with van der Waals surface area (Å²) in [5.74, 6) is 0.556. The van der Waals surface area contributed by atoms with Gasteiger partial charge in [-0.2, -0.15) is 5.26 Å². The average Bonchev–Trinajstić information content (AvgIpc) is 2.88. The third-order valence-electron chi connectivity index (χ3n) is 5.94. The lowest BCUT2D eigenvalue weighted by Gasteiger charge is -2.27. The van der Waals surface area contributed by atoms with E-state index >= 15 is 0 Å². The summed E-state index contributed by atoms with van der Waals surface area (Å²) in [6.07, 6.45) is 1.62. The number of rotatable bonds is 10. The second-order valence-corrected chi connectivity index (χ2v) is 9.31. The number of nitrogens with zero attached hydrogens (tertiary/aromatic N) is 2. The Morgan fingerprint density at radius 3 is 2.27 bits per heavy atom. The van der Waals surface area contributed by atoms with Crippen LogP contribution in [0.3, 0.4) is 0 Å². The van der Waals surface area contributed by atoms with E-state index in [0.29, 0.717) is 29.8 Å². The number of ether oxygens (including phenoxy) is 1. The molecular formula is C32H35N3O2. The first kappa shape index (κ1) is 27.3. The molecule has 0 heterocycles. The lowest BCUT2D eigenvalue weighted by atomic mass is 9.98. The molecule has 5 heteroatoms. The fraction of sp³-hybridized carbons (Fsp3) is 0.250. The molecule has 3 rings (SSSR count). The Labute approximate surface area is 220 Å². The number of carbonyl (C=O) groups excluding carboxylic acids is 1. The molecule has 190 valence electrons. The van der Waals surface area contributed by atoms with E-state index in [1.807, 2.05) is 86.6 Å². The Balaban J connectivity index is 1.91. The number of hydrogen-bond acceptors (Lipinski definition) is 4. The molecule has 0 saturated heterocycles. The van der Waals surface area contributed by atoms with Gasteiger partial charge >= 0.3 is 0 Å². The smallest absolute Gasteiger partial charge is 0.260 e. The van der Waals surface area contributed by atoms with E-state index in [9.17, 15) is 10.1 Å². The van der Waals surface area contributed by atoms with Crippen molar-refractivity contribution >= 4 is 11.5 Å². The van der Waals surface area contributed by atoms with Crippen LogP contribution >= 0.6 is 0 Å². The van der Waals surface area contributed by atoms with Crippen molar-refractivity contribution in [1.82, 2.24) is 4.90 Å². The van der Waals surface area contributed by atoms with Gasteiger partial charge in [0.15, 0.2) is 0 Å². The first-order valence-corrected chi connectivity index (χ1v) is 12.6. The van der Waals surface area contributed by atoms with E-state index in [1.54, 1.807) is 11.8 Å². The van der Waals surface area contributed by atoms with Crippen LogP contribution in [0.2, 0.25) is 0 Å². The van der Waals surface area contributed by atoms with Gasteiger partial charge in [0.1, 0.15) is 5.75 Å². The maximum absolute atomic E-state index is 13.9. The summed E-state index contributed by atoms with van der Waals surface area (Å²) in [7, 11) is 0. The minimum atomic E-state index is -0.185. The predicted octanol–water partition coefficient (Wildman–Crippen LogP) is 7.04. The van der Waals surface area contributed by atoms with Gasteiger partial charge in [-0.05, 0) is 67.6 Å². The molecule has 0 atom stereocenters. The van der Waals surface area contributed by atoms with Gasteiger partial charge in [0.25, 0.3) is 5.91 Å². The van der Waals surface area contributed by atoms with Crippen molar-refractivity contribution < 1.29 is 9.53 Å². The number of nitriles is 1. The highest BCUT2D eigenvalue weighted by molar-refractivity contribution is 6.20. The van der Waals surface area contributed by atoms with Crippen LogP contribution in [-0.4, -0.2) is 16.9 Å². The van der Waals surface area contributed by atoms with Crippen LogP contribution in [-0.2, 0) is 11.3 Å². The Morgan fingerprint density at radius 1 is 1.05 bits per heavy atom. The molecule has 0 fully saturated rings. The summed E-state index contributed by atoms with van der Waals surface area (Å²) in [6, 6.07) is 25.1. The fourth-order valence-corrected chi connectivity index (χ4v) is 4.18. The van der Waals surface area contributed by atoms with Crippen LogP contribution < -0.4 is 10.5 Å². The topological polar surface area (TPSA) is 79.4 Å². The third-order valence-corrected chi connectivity index (χ3v) is 5.94. The number of benzene rings is 3. The van der Waals surface area contributed by atoms with Crippen molar-refractivity contribution in [2.24, 2.45) is 5.73 Å². The van der Waals surface area contributed by atoms with Gasteiger partial charge in [-0.1, -0.05) is 74.5 Å². The molecule has 0 spiro atoms. The quantitative estimate of drug-likeness (QED) is 0.307. The van der Waals surface area contributed by atoms with Gasteiger partial charge in [0.2, 0.25) is 0 Å². The van der Waals surface area contributed by atoms with Crippen LogP contribution in [0.4, 0.5) is 0 Å². The van der Waals surface area contributed by atoms with Crippen LogP contribution in [0.15, 0.2) is 90.8 Å². The lowest BCUT2D eigenvalue weighted by molar-refractivity contribution is -0.123. The Kier molecular flexibility index (Phi) is 9.29. The second-order valence-electron chi connectivity index (χ2n) is 9.31. The summed E-state index contributed by atoms with van der Waals surface area (Å²) in [5.41, 5.74) is 12.0. The first-order valence-electron chi connectivity index (χ1n) is 12.6. The Bertz CT molecular complexity index is 1310. The largest absolute Gasteiger partial charge is 0.491 e. The normalized spacial score (nSPS) is 11.5. The zero-order valence-corrected chi connectivity index (χ0v) is 22.1. The monoisotopic (exact) mass is 493 g/mol. The van der Waals surface area contributed by atoms with Gasteiger partial charge in [-0.15, -0.1) is 0 Å². The van der Waals surface area contributed by atoms with E-state index in [4.69, 9.17) is 10.5 Å². The molecule has 0 aromatic heterocycles. The molecule has 0 saturated carbocycles. The Morgan fingerprint density at radius 2 is 1.70 bits per heavy atom. The molecule has 3 aromatic rings. The van der Waals surface area contributed by atoms with Crippen LogP contribution in [0.25, 0.3) is 16.7 Å². The van der Waals surface area contributed by atoms with Gasteiger partial charge in [-0.3, -0.25) is 4.79 Å². The Hall–Kier alpha value is -4.30. The summed E-state index contributed by atoms with van der Waals surface area (Å²) in [4.78, 5) is 15.6. The molecule has 0 bridgehead atoms. The summed E-state index contributed by atoms with van der Waals surface area (Å²) >= 11 is 0. The minimum absolute atomic E-state index is 0.0615. The average molecular weight is 494 g/mol. The molecule has 0 radical (unpaired) electrons. The number of carbonyl (C=O) groups is 1. The fourth-order valence-electron chi connectivity index (χ4n) is 4.18. The number of allylic oxidation sites excluding steroid dienone is 2. The minimum Gasteiger partial charge on any atom is -0.491 e. The van der Waals surface area contributed by atoms with E-state index < -0.39 is 0 Å². The highest BCUT2D eigenvalue weighted by Crippen LogP contribution is 2.28. The highest BCUT2D eigenvalue weighted by atomic mass is 16.5. The van der Waals surface area contributed by atoms with E-state index in [2.05, 4.69) is 19.6 Å². The van der Waals surface area contributed by atoms with Crippen molar-refractivity contribution in [2.75, 3.05) is 0 Å². The standard InChI is InChI=1S/C32H35N3O2/c1-6-9-23(4)35(21-25-12-14-26(15-13-25)30-11-8-7-10-28(30)20-33)32(36)31(24(5)34)27-16-18-29(19-17-27)37-22(2)3/h7-8,10-19,22H,4,6,9,21,34H2,1-3,5H3/b31-24-. The maximum atomic E-state index is 13.9. The summed E-state index contributed by atoms with van der Waals surface area (Å²) < 4.78 is 5.75. The molecule has 0 aliphatic carbocycles. The predicted molar refractivity (Wildman–Crippen MR) is 150 cm³/mol. The zero-order valence-electron chi connectivity index (χ0n) is 22.1. The zero-order chi connectivity index (χ0) is 26.9. The van der Waals surface area contributed by atoms with Gasteiger partial charge < -0.3 is 15.4 Å². The molecule has 5 nitrogen and oxygen atoms in total. The van der Waals surface area contributed by atoms with E-state index in [1.165, 1.54) is 0 Å². The van der Waals surface area contributed by atoms with Crippen molar-refractivity contribution in [3.05, 3.63) is 107 Å².